The first-order valence-corrected chi connectivity index (χ1v) is 13.8. The molecule has 6 aliphatic rings. The lowest BCUT2D eigenvalue weighted by atomic mass is 9.48. The summed E-state index contributed by atoms with van der Waals surface area (Å²) in [6.07, 6.45) is 9.01. The number of aliphatic hydroxyl groups is 1. The Morgan fingerprint density at radius 2 is 2.00 bits per heavy atom. The van der Waals surface area contributed by atoms with Gasteiger partial charge in [-0.05, 0) is 94.4 Å². The van der Waals surface area contributed by atoms with Gasteiger partial charge in [-0.25, -0.2) is 0 Å². The predicted molar refractivity (Wildman–Crippen MR) is 133 cm³/mol. The number of benzene rings is 1. The second-order valence-electron chi connectivity index (χ2n) is 12.1. The second-order valence-corrected chi connectivity index (χ2v) is 12.1. The van der Waals surface area contributed by atoms with Crippen LogP contribution in [0.4, 0.5) is 0 Å². The van der Waals surface area contributed by atoms with E-state index >= 15 is 0 Å². The van der Waals surface area contributed by atoms with Gasteiger partial charge in [-0.2, -0.15) is 0 Å². The minimum Gasteiger partial charge on any atom is -0.504 e. The lowest BCUT2D eigenvalue weighted by Crippen LogP contribution is -2.75. The molecule has 3 aliphatic carbocycles. The van der Waals surface area contributed by atoms with Crippen LogP contribution in [0.25, 0.3) is 0 Å². The van der Waals surface area contributed by atoms with Crippen LogP contribution in [0.1, 0.15) is 69.4 Å². The molecule has 192 valence electrons. The monoisotopic (exact) mass is 492 g/mol. The molecule has 0 aromatic heterocycles. The van der Waals surface area contributed by atoms with E-state index in [1.165, 1.54) is 12.8 Å². The topological polar surface area (TPSA) is 90.3 Å². The Morgan fingerprint density at radius 1 is 1.17 bits per heavy atom. The summed E-state index contributed by atoms with van der Waals surface area (Å²) < 4.78 is 6.54. The van der Waals surface area contributed by atoms with Crippen LogP contribution in [-0.2, 0) is 21.4 Å². The summed E-state index contributed by atoms with van der Waals surface area (Å²) in [6.45, 7) is 4.09. The highest BCUT2D eigenvalue weighted by Gasteiger charge is 2.72. The van der Waals surface area contributed by atoms with Crippen molar-refractivity contribution < 1.29 is 24.5 Å². The fraction of sp³-hybridized carbons (Fsp3) is 0.655. The van der Waals surface area contributed by atoms with Gasteiger partial charge in [-0.3, -0.25) is 14.5 Å². The highest BCUT2D eigenvalue weighted by Crippen LogP contribution is 2.66. The summed E-state index contributed by atoms with van der Waals surface area (Å²) in [5.74, 6) is 1.25. The van der Waals surface area contributed by atoms with Gasteiger partial charge in [0, 0.05) is 30.8 Å². The lowest BCUT2D eigenvalue weighted by molar-refractivity contribution is -0.174. The van der Waals surface area contributed by atoms with Crippen molar-refractivity contribution in [2.24, 2.45) is 5.92 Å². The minimum absolute atomic E-state index is 0.0161. The molecule has 7 heteroatoms. The summed E-state index contributed by atoms with van der Waals surface area (Å²) in [4.78, 5) is 30.0. The molecule has 3 aliphatic heterocycles. The number of rotatable bonds is 4. The second kappa shape index (κ2) is 7.81. The number of likely N-dealkylation sites (tertiary alicyclic amines) is 2. The molecule has 2 saturated heterocycles. The smallest absolute Gasteiger partial charge is 0.247 e. The normalized spacial score (nSPS) is 38.0. The summed E-state index contributed by atoms with van der Waals surface area (Å²) in [6, 6.07) is 3.38. The molecule has 1 amide bonds. The number of phenolic OH excluding ortho intramolecular Hbond substituents is 1. The standard InChI is InChI=1S/C29H36N2O5/c1-17(32)21-4-2-3-12-31(21)24(34)15-20-9-10-29(35)23-14-19-7-8-22(33)26-25(19)28(29,27(20)36-26)11-13-30(23)16-18-5-6-18/h7-8,15,18,21,23,27,33,35H,2-6,9-14,16H2,1H3/b20-15-/t21?,23-,27+,28+,29-/m1/s1. The third-order valence-corrected chi connectivity index (χ3v) is 10.2. The zero-order valence-electron chi connectivity index (χ0n) is 21.0. The summed E-state index contributed by atoms with van der Waals surface area (Å²) >= 11 is 0. The average molecular weight is 493 g/mol. The number of piperidine rings is 2. The first-order valence-electron chi connectivity index (χ1n) is 13.8. The van der Waals surface area contributed by atoms with E-state index in [0.29, 0.717) is 25.1 Å². The number of nitrogens with zero attached hydrogens (tertiary/aromatic N) is 2. The quantitative estimate of drug-likeness (QED) is 0.629. The molecule has 7 nitrogen and oxygen atoms in total. The number of ketones is 1. The molecule has 1 aromatic rings. The van der Waals surface area contributed by atoms with Gasteiger partial charge in [0.25, 0.3) is 0 Å². The van der Waals surface area contributed by atoms with Gasteiger partial charge < -0.3 is 19.8 Å². The third-order valence-electron chi connectivity index (χ3n) is 10.2. The molecule has 4 fully saturated rings. The van der Waals surface area contributed by atoms with Crippen LogP contribution in [0.3, 0.4) is 0 Å². The maximum absolute atomic E-state index is 13.5. The van der Waals surface area contributed by atoms with Crippen molar-refractivity contribution in [3.8, 4) is 11.5 Å². The molecule has 1 aromatic carbocycles. The molecule has 0 radical (unpaired) electrons. The number of phenols is 1. The predicted octanol–water partition coefficient (Wildman–Crippen LogP) is 2.85. The Balaban J connectivity index is 1.30. The number of ether oxygens (including phenoxy) is 1. The van der Waals surface area contributed by atoms with Crippen LogP contribution in [0, 0.1) is 5.92 Å². The third kappa shape index (κ3) is 2.99. The molecule has 36 heavy (non-hydrogen) atoms. The maximum Gasteiger partial charge on any atom is 0.247 e. The number of hydrogen-bond acceptors (Lipinski definition) is 6. The van der Waals surface area contributed by atoms with Gasteiger partial charge in [-0.15, -0.1) is 0 Å². The Kier molecular flexibility index (Phi) is 4.94. The highest BCUT2D eigenvalue weighted by atomic mass is 16.5. The van der Waals surface area contributed by atoms with Crippen molar-refractivity contribution in [1.82, 2.24) is 9.80 Å². The highest BCUT2D eigenvalue weighted by molar-refractivity contribution is 5.93. The minimum atomic E-state index is -0.968. The Labute approximate surface area is 212 Å². The molecule has 2 bridgehead atoms. The van der Waals surface area contributed by atoms with E-state index in [-0.39, 0.29) is 29.5 Å². The number of Topliss-reactive ketones (excluding diaryl/α,β-unsaturated/α-hetero) is 1. The van der Waals surface area contributed by atoms with Crippen LogP contribution >= 0.6 is 0 Å². The van der Waals surface area contributed by atoms with Crippen LogP contribution in [0.15, 0.2) is 23.8 Å². The first-order chi connectivity index (χ1) is 17.3. The molecule has 5 atom stereocenters. The molecule has 2 saturated carbocycles. The van der Waals surface area contributed by atoms with Crippen LogP contribution < -0.4 is 4.74 Å². The number of carbonyl (C=O) groups is 2. The van der Waals surface area contributed by atoms with Crippen LogP contribution in [0.2, 0.25) is 0 Å². The molecule has 7 rings (SSSR count). The number of amides is 1. The van der Waals surface area contributed by atoms with Crippen molar-refractivity contribution >= 4 is 11.7 Å². The Morgan fingerprint density at radius 3 is 2.78 bits per heavy atom. The van der Waals surface area contributed by atoms with E-state index in [1.54, 1.807) is 24.0 Å². The van der Waals surface area contributed by atoms with Crippen LogP contribution in [0.5, 0.6) is 11.5 Å². The fourth-order valence-electron chi connectivity index (χ4n) is 8.34. The first kappa shape index (κ1) is 22.8. The zero-order valence-corrected chi connectivity index (χ0v) is 21.0. The van der Waals surface area contributed by atoms with E-state index < -0.39 is 17.1 Å². The molecular formula is C29H36N2O5. The fourth-order valence-corrected chi connectivity index (χ4v) is 8.34. The van der Waals surface area contributed by atoms with E-state index in [4.69, 9.17) is 4.74 Å². The van der Waals surface area contributed by atoms with Gasteiger partial charge in [0.05, 0.1) is 17.1 Å². The van der Waals surface area contributed by atoms with E-state index in [1.807, 2.05) is 6.07 Å². The van der Waals surface area contributed by atoms with E-state index in [9.17, 15) is 19.8 Å². The summed E-state index contributed by atoms with van der Waals surface area (Å²) in [5.41, 5.74) is 1.38. The van der Waals surface area contributed by atoms with E-state index in [2.05, 4.69) is 4.90 Å². The number of carbonyl (C=O) groups excluding carboxylic acids is 2. The van der Waals surface area contributed by atoms with Crippen LogP contribution in [-0.4, -0.2) is 75.1 Å². The Bertz CT molecular complexity index is 1170. The maximum atomic E-state index is 13.5. The van der Waals surface area contributed by atoms with Gasteiger partial charge in [0.1, 0.15) is 6.10 Å². The Hall–Kier alpha value is -2.38. The SMILES string of the molecule is CC(=O)C1CCCCN1C(=O)/C=C1/CC[C@@]2(O)[C@H]3Cc4ccc(O)c5c4[C@@]2(CCN3CC2CC2)[C@H]1O5. The largest absolute Gasteiger partial charge is 0.504 e. The molecular weight excluding hydrogens is 456 g/mol. The molecule has 2 N–H and O–H groups in total. The average Bonchev–Trinajstić information content (AvgIpc) is 3.60. The van der Waals surface area contributed by atoms with Gasteiger partial charge in [0.2, 0.25) is 5.91 Å². The van der Waals surface area contributed by atoms with Gasteiger partial charge in [-0.1, -0.05) is 6.07 Å². The molecule has 1 spiro atoms. The van der Waals surface area contributed by atoms with Crippen molar-refractivity contribution in [3.63, 3.8) is 0 Å². The molecule has 1 unspecified atom stereocenters. The summed E-state index contributed by atoms with van der Waals surface area (Å²) in [5, 5.41) is 23.3. The van der Waals surface area contributed by atoms with E-state index in [0.717, 1.165) is 67.8 Å². The number of hydrogen-bond donors (Lipinski definition) is 2. The van der Waals surface area contributed by atoms with Gasteiger partial charge >= 0.3 is 0 Å². The van der Waals surface area contributed by atoms with Gasteiger partial charge in [0.15, 0.2) is 17.3 Å². The lowest BCUT2D eigenvalue weighted by Gasteiger charge is -2.63. The zero-order chi connectivity index (χ0) is 24.8. The van der Waals surface area contributed by atoms with Crippen molar-refractivity contribution in [2.75, 3.05) is 19.6 Å². The van der Waals surface area contributed by atoms with Crippen molar-refractivity contribution in [3.05, 3.63) is 34.9 Å². The van der Waals surface area contributed by atoms with Crippen molar-refractivity contribution in [2.45, 2.75) is 93.9 Å². The number of aromatic hydroxyl groups is 1. The summed E-state index contributed by atoms with van der Waals surface area (Å²) in [7, 11) is 0. The molecule has 3 heterocycles. The van der Waals surface area contributed by atoms with Crippen molar-refractivity contribution in [1.29, 1.82) is 0 Å².